The SMILES string of the molecule is CC(=O)[O-].O=S(=O)([O-])[O-].[Hg]. The molecule has 58 valence electrons. The van der Waals surface area contributed by atoms with Crippen LogP contribution in [0.3, 0.4) is 0 Å². The number of carboxylic acid groups (broad SMARTS) is 1. The number of hydrogen-bond acceptors (Lipinski definition) is 6. The van der Waals surface area contributed by atoms with E-state index in [0.717, 1.165) is 6.92 Å². The average molecular weight is 356 g/mol. The normalized spacial score (nSPS) is 8.30. The van der Waals surface area contributed by atoms with Gasteiger partial charge in [-0.25, -0.2) is 0 Å². The average Bonchev–Trinajstić information content (AvgIpc) is 1.19. The van der Waals surface area contributed by atoms with Gasteiger partial charge < -0.3 is 19.0 Å². The first-order chi connectivity index (χ1) is 3.73. The molecule has 0 N–H and O–H groups in total. The molecule has 0 spiro atoms. The van der Waals surface area contributed by atoms with Crippen molar-refractivity contribution in [2.75, 3.05) is 0 Å². The fourth-order valence-electron chi connectivity index (χ4n) is 0. The van der Waals surface area contributed by atoms with Crippen molar-refractivity contribution in [3.05, 3.63) is 0 Å². The standard InChI is InChI=1S/C2H4O2.Hg.H2O4S/c1-2(3)4;;1-5(2,3)4/h1H3,(H,3,4);;(H2,1,2,3,4)/p-3. The van der Waals surface area contributed by atoms with Gasteiger partial charge in [0.1, 0.15) is 0 Å². The van der Waals surface area contributed by atoms with E-state index in [1.165, 1.54) is 0 Å². The van der Waals surface area contributed by atoms with Gasteiger partial charge in [0.2, 0.25) is 0 Å². The zero-order valence-corrected chi connectivity index (χ0v) is 11.4. The van der Waals surface area contributed by atoms with Crippen LogP contribution < -0.4 is 5.11 Å². The quantitative estimate of drug-likeness (QED) is 0.267. The molecule has 0 amide bonds. The number of carbonyl (C=O) groups excluding carboxylic acids is 1. The summed E-state index contributed by atoms with van der Waals surface area (Å²) in [6.07, 6.45) is 0. The Hall–Kier alpha value is 0.275. The second-order valence-electron chi connectivity index (χ2n) is 0.900. The van der Waals surface area contributed by atoms with Crippen LogP contribution in [0.5, 0.6) is 0 Å². The van der Waals surface area contributed by atoms with E-state index >= 15 is 0 Å². The number of hydrogen-bond donors (Lipinski definition) is 0. The summed E-state index contributed by atoms with van der Waals surface area (Å²) in [6, 6.07) is 0. The molecule has 0 fully saturated rings. The summed E-state index contributed by atoms with van der Waals surface area (Å²) in [5, 5.41) is 8.89. The summed E-state index contributed by atoms with van der Waals surface area (Å²) < 4.78 is 34.1. The van der Waals surface area contributed by atoms with Crippen LogP contribution in [-0.4, -0.2) is 23.5 Å². The molecule has 0 radical (unpaired) electrons. The van der Waals surface area contributed by atoms with E-state index in [-0.39, 0.29) is 27.7 Å². The molecule has 0 aromatic heterocycles. The minimum Gasteiger partial charge on any atom is -0.759 e. The van der Waals surface area contributed by atoms with E-state index < -0.39 is 16.4 Å². The molecule has 0 aromatic carbocycles. The predicted molar refractivity (Wildman–Crippen MR) is 21.2 cm³/mol. The van der Waals surface area contributed by atoms with Gasteiger partial charge in [-0.05, 0) is 6.92 Å². The topological polar surface area (TPSA) is 120 Å². The van der Waals surface area contributed by atoms with Gasteiger partial charge in [0.15, 0.2) is 0 Å². The number of carbonyl (C=O) groups is 1. The minimum absolute atomic E-state index is 0. The fourth-order valence-corrected chi connectivity index (χ4v) is 0. The molecule has 0 aromatic rings. The van der Waals surface area contributed by atoms with E-state index in [0.29, 0.717) is 0 Å². The van der Waals surface area contributed by atoms with Crippen LogP contribution in [0.4, 0.5) is 0 Å². The van der Waals surface area contributed by atoms with Gasteiger partial charge >= 0.3 is 0 Å². The Morgan fingerprint density at radius 3 is 1.30 bits per heavy atom. The summed E-state index contributed by atoms with van der Waals surface area (Å²) in [5.41, 5.74) is 0. The van der Waals surface area contributed by atoms with E-state index in [1.807, 2.05) is 0 Å². The third-order valence-electron chi connectivity index (χ3n) is 0. The first-order valence-electron chi connectivity index (χ1n) is 1.57. The summed E-state index contributed by atoms with van der Waals surface area (Å²) in [6.45, 7) is 0.972. The molecule has 0 atom stereocenters. The molecule has 0 unspecified atom stereocenters. The van der Waals surface area contributed by atoms with Crippen molar-refractivity contribution in [2.24, 2.45) is 0 Å². The smallest absolute Gasteiger partial charge is 0.0383 e. The summed E-state index contributed by atoms with van der Waals surface area (Å²) in [5.74, 6) is -1.08. The van der Waals surface area contributed by atoms with Crippen LogP contribution in [0, 0.1) is 0 Å². The van der Waals surface area contributed by atoms with Crippen LogP contribution in [0.2, 0.25) is 0 Å². The molecule has 6 nitrogen and oxygen atoms in total. The molecule has 0 bridgehead atoms. The van der Waals surface area contributed by atoms with Gasteiger partial charge in [-0.1, -0.05) is 0 Å². The Balaban J connectivity index is -0.0000000910. The minimum atomic E-state index is -5.17. The van der Waals surface area contributed by atoms with Gasteiger partial charge in [0.25, 0.3) is 0 Å². The van der Waals surface area contributed by atoms with Crippen molar-refractivity contribution in [1.82, 2.24) is 0 Å². The van der Waals surface area contributed by atoms with E-state index in [1.54, 1.807) is 0 Å². The van der Waals surface area contributed by atoms with Crippen LogP contribution in [0.25, 0.3) is 0 Å². The van der Waals surface area contributed by atoms with Crippen LogP contribution in [0.1, 0.15) is 6.92 Å². The molecule has 0 aliphatic rings. The van der Waals surface area contributed by atoms with Gasteiger partial charge in [-0.15, -0.1) is 0 Å². The largest absolute Gasteiger partial charge is 0.759 e. The van der Waals surface area contributed by atoms with Crippen LogP contribution >= 0.6 is 0 Å². The predicted octanol–water partition coefficient (Wildman–Crippen LogP) is -2.58. The fraction of sp³-hybridized carbons (Fsp3) is 0.500. The molecule has 0 rings (SSSR count). The van der Waals surface area contributed by atoms with Crippen LogP contribution in [0.15, 0.2) is 0 Å². The molecule has 0 saturated heterocycles. The van der Waals surface area contributed by atoms with Crippen molar-refractivity contribution in [3.63, 3.8) is 0 Å². The number of carboxylic acids is 1. The first-order valence-corrected chi connectivity index (χ1v) is 2.91. The summed E-state index contributed by atoms with van der Waals surface area (Å²) in [4.78, 5) is 8.89. The van der Waals surface area contributed by atoms with Gasteiger partial charge in [0.05, 0.1) is 0 Å². The molecule has 0 heterocycles. The Morgan fingerprint density at radius 1 is 1.30 bits per heavy atom. The maximum atomic E-state index is 8.89. The maximum Gasteiger partial charge on any atom is 0.0383 e. The van der Waals surface area contributed by atoms with Crippen LogP contribution in [-0.2, 0) is 42.9 Å². The van der Waals surface area contributed by atoms with E-state index in [2.05, 4.69) is 0 Å². The molecule has 0 aliphatic carbocycles. The number of rotatable bonds is 0. The Labute approximate surface area is 78.3 Å². The van der Waals surface area contributed by atoms with Gasteiger partial charge in [-0.3, -0.25) is 8.42 Å². The molecule has 0 saturated carbocycles. The van der Waals surface area contributed by atoms with Crippen molar-refractivity contribution in [3.8, 4) is 0 Å². The second kappa shape index (κ2) is 7.38. The van der Waals surface area contributed by atoms with E-state index in [4.69, 9.17) is 27.4 Å². The Bertz CT molecular complexity index is 158. The van der Waals surface area contributed by atoms with Crippen molar-refractivity contribution in [1.29, 1.82) is 0 Å². The van der Waals surface area contributed by atoms with Crippen molar-refractivity contribution >= 4 is 16.4 Å². The van der Waals surface area contributed by atoms with Gasteiger partial charge in [0, 0.05) is 44.0 Å². The molecular weight excluding hydrogens is 353 g/mol. The number of aliphatic carboxylic acids is 1. The third-order valence-corrected chi connectivity index (χ3v) is 0. The summed E-state index contributed by atoms with van der Waals surface area (Å²) in [7, 11) is -5.17. The van der Waals surface area contributed by atoms with Gasteiger partial charge in [-0.2, -0.15) is 0 Å². The molecule has 10 heavy (non-hydrogen) atoms. The monoisotopic (exact) mass is 357 g/mol. The Kier molecular flexibility index (Phi) is 12.3. The maximum absolute atomic E-state index is 8.89. The van der Waals surface area contributed by atoms with Crippen molar-refractivity contribution in [2.45, 2.75) is 6.92 Å². The zero-order valence-electron chi connectivity index (χ0n) is 5.06. The second-order valence-corrected chi connectivity index (χ2v) is 1.72. The molecule has 0 aliphatic heterocycles. The van der Waals surface area contributed by atoms with Crippen molar-refractivity contribution < 1.29 is 55.1 Å². The summed E-state index contributed by atoms with van der Waals surface area (Å²) >= 11 is 0. The molecule has 8 heteroatoms. The third kappa shape index (κ3) is 5790. The zero-order chi connectivity index (χ0) is 8.08. The van der Waals surface area contributed by atoms with E-state index in [9.17, 15) is 0 Å². The molecular formula is C2H3HgO6S-3. The first kappa shape index (κ1) is 16.7. The Morgan fingerprint density at radius 2 is 1.30 bits per heavy atom.